The molecule has 0 fully saturated rings. The fourth-order valence-corrected chi connectivity index (χ4v) is 3.82. The lowest BCUT2D eigenvalue weighted by Gasteiger charge is -2.28. The van der Waals surface area contributed by atoms with Crippen molar-refractivity contribution in [1.82, 2.24) is 9.97 Å². The molecule has 1 aromatic heterocycles. The van der Waals surface area contributed by atoms with Crippen LogP contribution >= 0.6 is 0 Å². The molecule has 3 aromatic rings. The molecule has 0 bridgehead atoms. The van der Waals surface area contributed by atoms with Gasteiger partial charge < -0.3 is 4.98 Å². The zero-order valence-corrected chi connectivity index (χ0v) is 14.1. The molecule has 0 aliphatic heterocycles. The Morgan fingerprint density at radius 1 is 0.926 bits per heavy atom. The molecule has 0 saturated carbocycles. The van der Waals surface area contributed by atoms with Crippen molar-refractivity contribution in [2.45, 2.75) is 0 Å². The first-order chi connectivity index (χ1) is 13.2. The Bertz CT molecular complexity index is 1220. The van der Waals surface area contributed by atoms with E-state index in [0.29, 0.717) is 33.5 Å². The highest BCUT2D eigenvalue weighted by Gasteiger charge is 2.40. The lowest BCUT2D eigenvalue weighted by atomic mass is 9.72. The van der Waals surface area contributed by atoms with Gasteiger partial charge in [0, 0.05) is 11.1 Å². The molecule has 2 aliphatic rings. The molecule has 5 nitrogen and oxygen atoms in total. The van der Waals surface area contributed by atoms with Gasteiger partial charge in [-0.05, 0) is 36.4 Å². The summed E-state index contributed by atoms with van der Waals surface area (Å²) >= 11 is 0. The summed E-state index contributed by atoms with van der Waals surface area (Å²) in [7, 11) is 0. The predicted molar refractivity (Wildman–Crippen MR) is 100 cm³/mol. The van der Waals surface area contributed by atoms with Crippen LogP contribution in [-0.2, 0) is 0 Å². The highest BCUT2D eigenvalue weighted by atomic mass is 16.1. The number of carbonyl (C=O) groups is 2. The van der Waals surface area contributed by atoms with Crippen molar-refractivity contribution in [3.8, 4) is 17.5 Å². The third kappa shape index (κ3) is 2.20. The molecule has 0 radical (unpaired) electrons. The van der Waals surface area contributed by atoms with Crippen molar-refractivity contribution in [2.24, 2.45) is 11.8 Å². The summed E-state index contributed by atoms with van der Waals surface area (Å²) < 4.78 is 0. The van der Waals surface area contributed by atoms with Gasteiger partial charge in [0.15, 0.2) is 11.6 Å². The van der Waals surface area contributed by atoms with Crippen molar-refractivity contribution in [2.75, 3.05) is 0 Å². The minimum absolute atomic E-state index is 0.0416. The van der Waals surface area contributed by atoms with Crippen molar-refractivity contribution in [1.29, 1.82) is 5.26 Å². The number of nitriles is 1. The number of H-pyrrole nitrogens is 1. The second kappa shape index (κ2) is 5.61. The Kier molecular flexibility index (Phi) is 3.22. The van der Waals surface area contributed by atoms with Crippen LogP contribution < -0.4 is 0 Å². The van der Waals surface area contributed by atoms with Gasteiger partial charge in [0.2, 0.25) is 0 Å². The molecule has 2 aliphatic carbocycles. The normalized spacial score (nSPS) is 20.4. The Morgan fingerprint density at radius 3 is 2.33 bits per heavy atom. The molecule has 128 valence electrons. The van der Waals surface area contributed by atoms with Crippen LogP contribution in [0.25, 0.3) is 22.4 Å². The van der Waals surface area contributed by atoms with Crippen LogP contribution in [0.15, 0.2) is 60.7 Å². The molecule has 2 aromatic carbocycles. The molecule has 0 amide bonds. The van der Waals surface area contributed by atoms with E-state index in [1.807, 2.05) is 12.2 Å². The second-order valence-corrected chi connectivity index (χ2v) is 6.71. The number of benzene rings is 2. The van der Waals surface area contributed by atoms with Crippen LogP contribution in [0.5, 0.6) is 0 Å². The van der Waals surface area contributed by atoms with Crippen LogP contribution in [0, 0.1) is 23.2 Å². The van der Waals surface area contributed by atoms with E-state index < -0.39 is 11.8 Å². The van der Waals surface area contributed by atoms with Crippen LogP contribution in [0.2, 0.25) is 0 Å². The van der Waals surface area contributed by atoms with Crippen molar-refractivity contribution in [3.63, 3.8) is 0 Å². The van der Waals surface area contributed by atoms with Gasteiger partial charge in [-0.2, -0.15) is 5.26 Å². The molecule has 27 heavy (non-hydrogen) atoms. The molecule has 5 heteroatoms. The van der Waals surface area contributed by atoms with Crippen LogP contribution in [0.4, 0.5) is 0 Å². The summed E-state index contributed by atoms with van der Waals surface area (Å²) in [5, 5.41) is 8.94. The van der Waals surface area contributed by atoms with E-state index in [1.54, 1.807) is 48.6 Å². The fourth-order valence-electron chi connectivity index (χ4n) is 3.82. The number of hydrogen-bond acceptors (Lipinski definition) is 4. The number of nitrogens with one attached hydrogen (secondary N) is 1. The average molecular weight is 351 g/mol. The molecule has 2 atom stereocenters. The molecule has 0 unspecified atom stereocenters. The first-order valence-corrected chi connectivity index (χ1v) is 8.64. The Hall–Kier alpha value is -3.78. The molecular weight excluding hydrogens is 338 g/mol. The number of aromatic amines is 1. The topological polar surface area (TPSA) is 86.6 Å². The first kappa shape index (κ1) is 15.5. The summed E-state index contributed by atoms with van der Waals surface area (Å²) in [6, 6.07) is 12.6. The molecule has 1 heterocycles. The van der Waals surface area contributed by atoms with Gasteiger partial charge in [0.1, 0.15) is 11.3 Å². The second-order valence-electron chi connectivity index (χ2n) is 6.71. The van der Waals surface area contributed by atoms with E-state index in [9.17, 15) is 9.59 Å². The smallest absolute Gasteiger partial charge is 0.173 e. The predicted octanol–water partition coefficient (Wildman–Crippen LogP) is 3.84. The fraction of sp³-hybridized carbons (Fsp3) is 0.0909. The minimum Gasteiger partial charge on any atom is -0.338 e. The van der Waals surface area contributed by atoms with Gasteiger partial charge in [-0.25, -0.2) is 4.98 Å². The molecule has 1 N–H and O–H groups in total. The van der Waals surface area contributed by atoms with Gasteiger partial charge in [-0.1, -0.05) is 24.3 Å². The lowest BCUT2D eigenvalue weighted by Crippen LogP contribution is -2.35. The van der Waals surface area contributed by atoms with Crippen molar-refractivity contribution < 1.29 is 9.59 Å². The molecule has 5 rings (SSSR count). The number of allylic oxidation sites excluding steroid dienone is 4. The van der Waals surface area contributed by atoms with E-state index in [1.165, 1.54) is 0 Å². The van der Waals surface area contributed by atoms with Crippen LogP contribution in [0.1, 0.15) is 26.3 Å². The largest absolute Gasteiger partial charge is 0.338 e. The van der Waals surface area contributed by atoms with Gasteiger partial charge in [-0.15, -0.1) is 0 Å². The number of nitrogens with zero attached hydrogens (tertiary/aromatic N) is 2. The number of aromatic nitrogens is 2. The van der Waals surface area contributed by atoms with E-state index in [0.717, 1.165) is 5.56 Å². The summed E-state index contributed by atoms with van der Waals surface area (Å²) in [4.78, 5) is 33.8. The monoisotopic (exact) mass is 351 g/mol. The Labute approximate surface area is 154 Å². The van der Waals surface area contributed by atoms with Crippen molar-refractivity contribution >= 4 is 22.6 Å². The minimum atomic E-state index is -0.462. The quantitative estimate of drug-likeness (QED) is 0.722. The van der Waals surface area contributed by atoms with Gasteiger partial charge in [0.25, 0.3) is 0 Å². The number of imidazole rings is 1. The van der Waals surface area contributed by atoms with Crippen LogP contribution in [-0.4, -0.2) is 21.5 Å². The zero-order valence-electron chi connectivity index (χ0n) is 14.1. The Balaban J connectivity index is 1.69. The van der Waals surface area contributed by atoms with Gasteiger partial charge in [0.05, 0.1) is 34.5 Å². The number of Topliss-reactive ketones (excluding diaryl/α,β-unsaturated/α-hetero) is 2. The maximum Gasteiger partial charge on any atom is 0.173 e. The van der Waals surface area contributed by atoms with Crippen molar-refractivity contribution in [3.05, 3.63) is 77.4 Å². The maximum absolute atomic E-state index is 13.1. The number of rotatable bonds is 1. The van der Waals surface area contributed by atoms with Gasteiger partial charge >= 0.3 is 0 Å². The van der Waals surface area contributed by atoms with E-state index >= 15 is 0 Å². The maximum atomic E-state index is 13.1. The standard InChI is InChI=1S/C22H13N3O2/c23-11-12-5-7-13(8-6-12)22-24-17-10-9-16-18(19(17)25-22)21(27)15-4-2-1-3-14(15)20(16)26/h1-10,14-15H,(H,24,25)/t14-,15-/m1/s1. The third-order valence-corrected chi connectivity index (χ3v) is 5.19. The summed E-state index contributed by atoms with van der Waals surface area (Å²) in [6.45, 7) is 0. The number of carbonyl (C=O) groups excluding carboxylic acids is 2. The number of fused-ring (bicyclic) bond motifs is 4. The SMILES string of the molecule is N#Cc1ccc(-c2nc3c4c(ccc3[nH]2)C(=O)[C@@H]2C=CC=C[C@H]2C4=O)cc1. The molecular formula is C22H13N3O2. The van der Waals surface area contributed by atoms with E-state index in [2.05, 4.69) is 16.0 Å². The third-order valence-electron chi connectivity index (χ3n) is 5.19. The zero-order chi connectivity index (χ0) is 18.5. The van der Waals surface area contributed by atoms with E-state index in [-0.39, 0.29) is 11.6 Å². The highest BCUT2D eigenvalue weighted by Crippen LogP contribution is 2.37. The summed E-state index contributed by atoms with van der Waals surface area (Å²) in [6.07, 6.45) is 7.21. The molecule has 0 spiro atoms. The average Bonchev–Trinajstić information content (AvgIpc) is 3.16. The number of ketones is 2. The first-order valence-electron chi connectivity index (χ1n) is 8.64. The van der Waals surface area contributed by atoms with Gasteiger partial charge in [-0.3, -0.25) is 9.59 Å². The summed E-state index contributed by atoms with van der Waals surface area (Å²) in [5.41, 5.74) is 3.44. The number of hydrogen-bond donors (Lipinski definition) is 1. The highest BCUT2D eigenvalue weighted by molar-refractivity contribution is 6.22. The lowest BCUT2D eigenvalue weighted by molar-refractivity contribution is 0.0803. The van der Waals surface area contributed by atoms with Crippen LogP contribution in [0.3, 0.4) is 0 Å². The Morgan fingerprint density at radius 2 is 1.63 bits per heavy atom. The summed E-state index contributed by atoms with van der Waals surface area (Å²) in [5.74, 6) is -0.400. The molecule has 0 saturated heterocycles. The van der Waals surface area contributed by atoms with E-state index in [4.69, 9.17) is 5.26 Å².